The number of rotatable bonds is 5. The lowest BCUT2D eigenvalue weighted by Crippen LogP contribution is -2.15. The summed E-state index contributed by atoms with van der Waals surface area (Å²) in [6, 6.07) is 0. The highest BCUT2D eigenvalue weighted by Crippen LogP contribution is 2.38. The zero-order chi connectivity index (χ0) is 14.7. The van der Waals surface area contributed by atoms with Crippen LogP contribution in [0.5, 0.6) is 11.5 Å². The number of hydrogen-bond donors (Lipinski definition) is 1. The Balaban J connectivity index is 3.43. The summed E-state index contributed by atoms with van der Waals surface area (Å²) in [7, 11) is 2.84. The molecule has 0 radical (unpaired) electrons. The number of carbonyl (C=O) groups is 1. The van der Waals surface area contributed by atoms with Crippen LogP contribution in [0, 0.1) is 25.6 Å². The Morgan fingerprint density at radius 2 is 1.74 bits per heavy atom. The van der Waals surface area contributed by atoms with Gasteiger partial charge >= 0.3 is 5.97 Å². The summed E-state index contributed by atoms with van der Waals surface area (Å²) in [6.45, 7) is 4.89. The van der Waals surface area contributed by atoms with Crippen molar-refractivity contribution in [1.82, 2.24) is 0 Å². The second-order valence-electron chi connectivity index (χ2n) is 4.55. The third-order valence-electron chi connectivity index (χ3n) is 3.28. The van der Waals surface area contributed by atoms with Gasteiger partial charge in [-0.25, -0.2) is 4.39 Å². The molecule has 0 fully saturated rings. The maximum absolute atomic E-state index is 14.1. The van der Waals surface area contributed by atoms with Gasteiger partial charge in [-0.15, -0.1) is 0 Å². The van der Waals surface area contributed by atoms with E-state index in [1.54, 1.807) is 20.8 Å². The van der Waals surface area contributed by atoms with Crippen LogP contribution < -0.4 is 9.47 Å². The average Bonchev–Trinajstić information content (AvgIpc) is 2.36. The Bertz CT molecular complexity index is 497. The topological polar surface area (TPSA) is 55.8 Å². The van der Waals surface area contributed by atoms with Crippen LogP contribution >= 0.6 is 0 Å². The van der Waals surface area contributed by atoms with Crippen LogP contribution in [0.1, 0.15) is 23.6 Å². The molecule has 0 saturated carbocycles. The first-order chi connectivity index (χ1) is 8.84. The molecule has 0 aliphatic carbocycles. The lowest BCUT2D eigenvalue weighted by atomic mass is 9.93. The molecule has 0 aliphatic heterocycles. The van der Waals surface area contributed by atoms with Crippen molar-refractivity contribution in [2.75, 3.05) is 14.2 Å². The van der Waals surface area contributed by atoms with Gasteiger partial charge in [-0.3, -0.25) is 4.79 Å². The summed E-state index contributed by atoms with van der Waals surface area (Å²) < 4.78 is 24.4. The molecule has 1 rings (SSSR count). The zero-order valence-corrected chi connectivity index (χ0v) is 11.8. The normalized spacial score (nSPS) is 12.1. The summed E-state index contributed by atoms with van der Waals surface area (Å²) in [5.74, 6) is -1.41. The van der Waals surface area contributed by atoms with Gasteiger partial charge < -0.3 is 14.6 Å². The van der Waals surface area contributed by atoms with Crippen LogP contribution in [0.3, 0.4) is 0 Å². The van der Waals surface area contributed by atoms with Crippen molar-refractivity contribution in [2.24, 2.45) is 5.92 Å². The van der Waals surface area contributed by atoms with Crippen molar-refractivity contribution in [2.45, 2.75) is 27.2 Å². The molecule has 0 spiro atoms. The van der Waals surface area contributed by atoms with Crippen LogP contribution in [-0.2, 0) is 11.2 Å². The molecule has 0 bridgehead atoms. The molecule has 0 heterocycles. The Kier molecular flexibility index (Phi) is 4.75. The highest BCUT2D eigenvalue weighted by molar-refractivity contribution is 5.70. The van der Waals surface area contributed by atoms with E-state index < -0.39 is 17.7 Å². The first kappa shape index (κ1) is 15.3. The highest BCUT2D eigenvalue weighted by Gasteiger charge is 2.24. The fourth-order valence-electron chi connectivity index (χ4n) is 2.13. The van der Waals surface area contributed by atoms with Crippen LogP contribution in [0.4, 0.5) is 4.39 Å². The molecule has 106 valence electrons. The molecule has 4 nitrogen and oxygen atoms in total. The van der Waals surface area contributed by atoms with Gasteiger partial charge in [0.1, 0.15) is 5.75 Å². The van der Waals surface area contributed by atoms with E-state index in [9.17, 15) is 9.18 Å². The van der Waals surface area contributed by atoms with E-state index in [-0.39, 0.29) is 12.2 Å². The van der Waals surface area contributed by atoms with Crippen molar-refractivity contribution in [1.29, 1.82) is 0 Å². The number of carboxylic acid groups (broad SMARTS) is 1. The van der Waals surface area contributed by atoms with Gasteiger partial charge in [-0.2, -0.15) is 0 Å². The Morgan fingerprint density at radius 3 is 2.16 bits per heavy atom. The van der Waals surface area contributed by atoms with Crippen molar-refractivity contribution in [3.63, 3.8) is 0 Å². The molecule has 0 aromatic heterocycles. The average molecular weight is 270 g/mol. The molecule has 0 aliphatic rings. The van der Waals surface area contributed by atoms with Gasteiger partial charge in [0.25, 0.3) is 0 Å². The van der Waals surface area contributed by atoms with E-state index in [4.69, 9.17) is 14.6 Å². The minimum atomic E-state index is -0.901. The van der Waals surface area contributed by atoms with E-state index in [0.717, 1.165) is 0 Å². The van der Waals surface area contributed by atoms with Gasteiger partial charge in [-0.05, 0) is 20.3 Å². The number of benzene rings is 1. The van der Waals surface area contributed by atoms with E-state index >= 15 is 0 Å². The molecular weight excluding hydrogens is 251 g/mol. The van der Waals surface area contributed by atoms with E-state index in [1.165, 1.54) is 14.2 Å². The van der Waals surface area contributed by atoms with Gasteiger partial charge in [0.15, 0.2) is 11.6 Å². The molecule has 1 aromatic carbocycles. The molecule has 5 heteroatoms. The zero-order valence-electron chi connectivity index (χ0n) is 11.8. The lowest BCUT2D eigenvalue weighted by molar-refractivity contribution is -0.141. The summed E-state index contributed by atoms with van der Waals surface area (Å²) >= 11 is 0. The highest BCUT2D eigenvalue weighted by atomic mass is 19.1. The Morgan fingerprint density at radius 1 is 1.21 bits per heavy atom. The number of hydrogen-bond acceptors (Lipinski definition) is 3. The summed E-state index contributed by atoms with van der Waals surface area (Å²) in [4.78, 5) is 11.0. The molecule has 1 aromatic rings. The second-order valence-corrected chi connectivity index (χ2v) is 4.55. The van der Waals surface area contributed by atoms with E-state index in [1.807, 2.05) is 0 Å². The molecule has 0 amide bonds. The molecule has 1 atom stereocenters. The molecule has 0 saturated heterocycles. The summed E-state index contributed by atoms with van der Waals surface area (Å²) in [6.07, 6.45) is 0.266. The van der Waals surface area contributed by atoms with Gasteiger partial charge in [-0.1, -0.05) is 6.92 Å². The third-order valence-corrected chi connectivity index (χ3v) is 3.28. The number of ether oxygens (including phenoxy) is 2. The first-order valence-electron chi connectivity index (χ1n) is 5.97. The van der Waals surface area contributed by atoms with Gasteiger partial charge in [0.05, 0.1) is 20.1 Å². The second kappa shape index (κ2) is 5.91. The van der Waals surface area contributed by atoms with E-state index in [2.05, 4.69) is 0 Å². The van der Waals surface area contributed by atoms with Crippen LogP contribution in [0.15, 0.2) is 0 Å². The number of carboxylic acids is 1. The fourth-order valence-corrected chi connectivity index (χ4v) is 2.13. The number of methoxy groups -OCH3 is 2. The monoisotopic (exact) mass is 270 g/mol. The van der Waals surface area contributed by atoms with Crippen molar-refractivity contribution in [3.8, 4) is 11.5 Å². The van der Waals surface area contributed by atoms with Crippen molar-refractivity contribution >= 4 is 5.97 Å². The van der Waals surface area contributed by atoms with Crippen molar-refractivity contribution < 1.29 is 23.8 Å². The maximum atomic E-state index is 14.1. The number of halogens is 1. The van der Waals surface area contributed by atoms with Gasteiger partial charge in [0.2, 0.25) is 0 Å². The summed E-state index contributed by atoms with van der Waals surface area (Å²) in [5.41, 5.74) is 1.58. The largest absolute Gasteiger partial charge is 0.496 e. The van der Waals surface area contributed by atoms with Crippen LogP contribution in [0.2, 0.25) is 0 Å². The first-order valence-corrected chi connectivity index (χ1v) is 5.97. The predicted molar refractivity (Wildman–Crippen MR) is 69.5 cm³/mol. The van der Waals surface area contributed by atoms with E-state index in [0.29, 0.717) is 22.4 Å². The van der Waals surface area contributed by atoms with Crippen LogP contribution in [0.25, 0.3) is 0 Å². The summed E-state index contributed by atoms with van der Waals surface area (Å²) in [5, 5.41) is 9.00. The minimum Gasteiger partial charge on any atom is -0.496 e. The standard InChI is InChI=1S/C14H19FO4/c1-7(14(16)17)6-10-8(2)13(19-5)11(15)9(3)12(10)18-4/h7H,6H2,1-5H3,(H,16,17). The van der Waals surface area contributed by atoms with Crippen LogP contribution in [-0.4, -0.2) is 25.3 Å². The Labute approximate surface area is 112 Å². The maximum Gasteiger partial charge on any atom is 0.306 e. The SMILES string of the molecule is COc1c(C)c(CC(C)C(=O)O)c(OC)c(C)c1F. The minimum absolute atomic E-state index is 0.144. The third kappa shape index (κ3) is 2.80. The molecule has 1 unspecified atom stereocenters. The molecule has 1 N–H and O–H groups in total. The quantitative estimate of drug-likeness (QED) is 0.893. The number of aliphatic carboxylic acids is 1. The Hall–Kier alpha value is -1.78. The van der Waals surface area contributed by atoms with Crippen molar-refractivity contribution in [3.05, 3.63) is 22.5 Å². The molecule has 19 heavy (non-hydrogen) atoms. The van der Waals surface area contributed by atoms with Gasteiger partial charge in [0, 0.05) is 16.7 Å². The lowest BCUT2D eigenvalue weighted by Gasteiger charge is -2.19. The molecular formula is C14H19FO4. The smallest absolute Gasteiger partial charge is 0.306 e. The predicted octanol–water partition coefficient (Wildman–Crippen LogP) is 2.72. The fraction of sp³-hybridized carbons (Fsp3) is 0.500.